The molecule has 0 heteroatoms. The Kier molecular flexibility index (Phi) is 3.41. The summed E-state index contributed by atoms with van der Waals surface area (Å²) in [6.07, 6.45) is 1.34. The summed E-state index contributed by atoms with van der Waals surface area (Å²) >= 11 is 0. The number of rotatable bonds is 2. The standard InChI is InChI=1S/C10H22/c1-8(2)9(3)7-10(4,5)6/h8-9H,7H2,1-6H3/t9-/m1/s1. The molecular weight excluding hydrogens is 120 g/mol. The predicted molar refractivity (Wildman–Crippen MR) is 48.1 cm³/mol. The van der Waals surface area contributed by atoms with Gasteiger partial charge in [-0.25, -0.2) is 0 Å². The molecule has 0 unspecified atom stereocenters. The fraction of sp³-hybridized carbons (Fsp3) is 1.00. The molecule has 0 aromatic carbocycles. The van der Waals surface area contributed by atoms with Crippen LogP contribution in [-0.2, 0) is 0 Å². The van der Waals surface area contributed by atoms with E-state index in [0.29, 0.717) is 5.41 Å². The summed E-state index contributed by atoms with van der Waals surface area (Å²) in [5.74, 6) is 1.69. The fourth-order valence-corrected chi connectivity index (χ4v) is 1.20. The van der Waals surface area contributed by atoms with Gasteiger partial charge in [-0.05, 0) is 23.7 Å². The van der Waals surface area contributed by atoms with Crippen LogP contribution in [0.25, 0.3) is 0 Å². The van der Waals surface area contributed by atoms with Gasteiger partial charge in [-0.2, -0.15) is 0 Å². The van der Waals surface area contributed by atoms with Crippen molar-refractivity contribution in [3.63, 3.8) is 0 Å². The minimum Gasteiger partial charge on any atom is -0.0625 e. The molecule has 0 amide bonds. The highest BCUT2D eigenvalue weighted by molar-refractivity contribution is 4.67. The molecule has 0 rings (SSSR count). The molecular formula is C10H22. The van der Waals surface area contributed by atoms with Crippen molar-refractivity contribution in [2.45, 2.75) is 48.0 Å². The first-order chi connectivity index (χ1) is 4.33. The summed E-state index contributed by atoms with van der Waals surface area (Å²) in [6.45, 7) is 13.9. The lowest BCUT2D eigenvalue weighted by molar-refractivity contribution is 0.260. The zero-order valence-corrected chi connectivity index (χ0v) is 8.36. The molecule has 0 aliphatic carbocycles. The molecule has 0 heterocycles. The molecule has 0 spiro atoms. The third-order valence-electron chi connectivity index (χ3n) is 2.07. The Hall–Kier alpha value is 0. The van der Waals surface area contributed by atoms with Gasteiger partial charge in [0.05, 0.1) is 0 Å². The molecule has 0 nitrogen and oxygen atoms in total. The van der Waals surface area contributed by atoms with Gasteiger partial charge in [-0.15, -0.1) is 0 Å². The van der Waals surface area contributed by atoms with Crippen LogP contribution in [0.5, 0.6) is 0 Å². The Morgan fingerprint density at radius 3 is 1.50 bits per heavy atom. The first-order valence-corrected chi connectivity index (χ1v) is 4.33. The van der Waals surface area contributed by atoms with Gasteiger partial charge in [0.15, 0.2) is 0 Å². The monoisotopic (exact) mass is 142 g/mol. The molecule has 0 fully saturated rings. The quantitative estimate of drug-likeness (QED) is 0.551. The maximum atomic E-state index is 2.34. The average Bonchev–Trinajstić information content (AvgIpc) is 1.60. The normalized spacial score (nSPS) is 15.9. The van der Waals surface area contributed by atoms with Crippen LogP contribution in [0.4, 0.5) is 0 Å². The highest BCUT2D eigenvalue weighted by Crippen LogP contribution is 2.27. The molecule has 0 aromatic heterocycles. The molecule has 0 aliphatic rings. The van der Waals surface area contributed by atoms with E-state index >= 15 is 0 Å². The zero-order valence-electron chi connectivity index (χ0n) is 8.36. The van der Waals surface area contributed by atoms with Gasteiger partial charge in [-0.1, -0.05) is 41.5 Å². The van der Waals surface area contributed by atoms with Crippen LogP contribution in [-0.4, -0.2) is 0 Å². The van der Waals surface area contributed by atoms with E-state index in [1.54, 1.807) is 0 Å². The Morgan fingerprint density at radius 1 is 1.00 bits per heavy atom. The van der Waals surface area contributed by atoms with Crippen LogP contribution < -0.4 is 0 Å². The van der Waals surface area contributed by atoms with Crippen LogP contribution in [0, 0.1) is 17.3 Å². The zero-order chi connectivity index (χ0) is 8.36. The minimum atomic E-state index is 0.504. The van der Waals surface area contributed by atoms with E-state index in [4.69, 9.17) is 0 Å². The summed E-state index contributed by atoms with van der Waals surface area (Å²) in [5, 5.41) is 0. The maximum absolute atomic E-state index is 2.34. The SMILES string of the molecule is CC(C)[C@H](C)CC(C)(C)C. The lowest BCUT2D eigenvalue weighted by atomic mass is 9.81. The van der Waals surface area contributed by atoms with Crippen LogP contribution in [0.15, 0.2) is 0 Å². The van der Waals surface area contributed by atoms with Gasteiger partial charge in [-0.3, -0.25) is 0 Å². The highest BCUT2D eigenvalue weighted by atomic mass is 14.2. The Labute approximate surface area is 66.0 Å². The van der Waals surface area contributed by atoms with Crippen LogP contribution in [0.2, 0.25) is 0 Å². The van der Waals surface area contributed by atoms with Gasteiger partial charge in [0.25, 0.3) is 0 Å². The molecule has 0 radical (unpaired) electrons. The molecule has 0 saturated heterocycles. The van der Waals surface area contributed by atoms with E-state index < -0.39 is 0 Å². The molecule has 0 saturated carbocycles. The fourth-order valence-electron chi connectivity index (χ4n) is 1.20. The van der Waals surface area contributed by atoms with Crippen molar-refractivity contribution in [1.82, 2.24) is 0 Å². The van der Waals surface area contributed by atoms with Crippen molar-refractivity contribution >= 4 is 0 Å². The number of hydrogen-bond acceptors (Lipinski definition) is 0. The summed E-state index contributed by atoms with van der Waals surface area (Å²) in [6, 6.07) is 0. The van der Waals surface area contributed by atoms with Crippen molar-refractivity contribution in [3.05, 3.63) is 0 Å². The largest absolute Gasteiger partial charge is 0.0625 e. The van der Waals surface area contributed by atoms with Crippen LogP contribution in [0.1, 0.15) is 48.0 Å². The summed E-state index contributed by atoms with van der Waals surface area (Å²) in [5.41, 5.74) is 0.504. The Balaban J connectivity index is 3.68. The first-order valence-electron chi connectivity index (χ1n) is 4.33. The van der Waals surface area contributed by atoms with Crippen molar-refractivity contribution in [3.8, 4) is 0 Å². The van der Waals surface area contributed by atoms with Crippen molar-refractivity contribution in [2.24, 2.45) is 17.3 Å². The van der Waals surface area contributed by atoms with Crippen molar-refractivity contribution in [1.29, 1.82) is 0 Å². The molecule has 1 atom stereocenters. The van der Waals surface area contributed by atoms with E-state index in [-0.39, 0.29) is 0 Å². The molecule has 0 N–H and O–H groups in total. The molecule has 62 valence electrons. The van der Waals surface area contributed by atoms with Gasteiger partial charge in [0.2, 0.25) is 0 Å². The molecule has 10 heavy (non-hydrogen) atoms. The summed E-state index contributed by atoms with van der Waals surface area (Å²) in [4.78, 5) is 0. The molecule has 0 bridgehead atoms. The molecule has 0 aromatic rings. The van der Waals surface area contributed by atoms with E-state index in [9.17, 15) is 0 Å². The average molecular weight is 142 g/mol. The second-order valence-corrected chi connectivity index (χ2v) is 4.99. The van der Waals surface area contributed by atoms with Crippen LogP contribution >= 0.6 is 0 Å². The smallest absolute Gasteiger partial charge is 0.0380 e. The summed E-state index contributed by atoms with van der Waals surface area (Å²) in [7, 11) is 0. The van der Waals surface area contributed by atoms with Crippen molar-refractivity contribution < 1.29 is 0 Å². The van der Waals surface area contributed by atoms with Gasteiger partial charge in [0, 0.05) is 0 Å². The highest BCUT2D eigenvalue weighted by Gasteiger charge is 2.16. The minimum absolute atomic E-state index is 0.504. The predicted octanol–water partition coefficient (Wildman–Crippen LogP) is 3.71. The number of hydrogen-bond donors (Lipinski definition) is 0. The van der Waals surface area contributed by atoms with E-state index in [1.807, 2.05) is 0 Å². The lowest BCUT2D eigenvalue weighted by Gasteiger charge is -2.25. The van der Waals surface area contributed by atoms with Gasteiger partial charge < -0.3 is 0 Å². The third kappa shape index (κ3) is 4.84. The van der Waals surface area contributed by atoms with E-state index in [1.165, 1.54) is 6.42 Å². The third-order valence-corrected chi connectivity index (χ3v) is 2.07. The Morgan fingerprint density at radius 2 is 1.40 bits per heavy atom. The lowest BCUT2D eigenvalue weighted by Crippen LogP contribution is -2.14. The van der Waals surface area contributed by atoms with Crippen LogP contribution in [0.3, 0.4) is 0 Å². The van der Waals surface area contributed by atoms with Gasteiger partial charge in [0.1, 0.15) is 0 Å². The maximum Gasteiger partial charge on any atom is -0.0380 e. The second kappa shape index (κ2) is 3.41. The van der Waals surface area contributed by atoms with E-state index in [2.05, 4.69) is 41.5 Å². The van der Waals surface area contributed by atoms with E-state index in [0.717, 1.165) is 11.8 Å². The second-order valence-electron chi connectivity index (χ2n) is 4.99. The summed E-state index contributed by atoms with van der Waals surface area (Å²) < 4.78 is 0. The topological polar surface area (TPSA) is 0 Å². The van der Waals surface area contributed by atoms with Gasteiger partial charge >= 0.3 is 0 Å². The molecule has 0 aliphatic heterocycles. The first kappa shape index (κ1) is 10.0. The van der Waals surface area contributed by atoms with Crippen molar-refractivity contribution in [2.75, 3.05) is 0 Å². The Bertz CT molecular complexity index is 84.7.